The van der Waals surface area contributed by atoms with Crippen molar-refractivity contribution >= 4 is 17.4 Å². The van der Waals surface area contributed by atoms with E-state index in [-0.39, 0.29) is 16.7 Å². The van der Waals surface area contributed by atoms with Crippen LogP contribution < -0.4 is 0 Å². The summed E-state index contributed by atoms with van der Waals surface area (Å²) in [5.41, 5.74) is 3.80. The molecule has 158 valence electrons. The van der Waals surface area contributed by atoms with E-state index in [0.717, 1.165) is 24.0 Å². The van der Waals surface area contributed by atoms with Crippen LogP contribution in [0.2, 0.25) is 0 Å². The molecule has 1 atom stereocenters. The van der Waals surface area contributed by atoms with Crippen LogP contribution in [0.1, 0.15) is 68.8 Å². The standard InChI is InChI=1S/C26H31NO3/c1-6-7-16-27-22(18-12-14-20(15-13-18)26(3,4)5)21(24(29)25(27)30)23(28)19-10-8-17(2)9-11-19/h8-15,22,28H,6-7,16H2,1-5H3/b23-21-. The Morgan fingerprint density at radius 3 is 2.13 bits per heavy atom. The van der Waals surface area contributed by atoms with E-state index < -0.39 is 17.7 Å². The summed E-state index contributed by atoms with van der Waals surface area (Å²) >= 11 is 0. The van der Waals surface area contributed by atoms with Crippen LogP contribution in [0.15, 0.2) is 54.1 Å². The SMILES string of the molecule is CCCCN1C(=O)C(=O)/C(=C(\O)c2ccc(C)cc2)C1c1ccc(C(C)(C)C)cc1. The summed E-state index contributed by atoms with van der Waals surface area (Å²) in [6.07, 6.45) is 1.71. The zero-order valence-corrected chi connectivity index (χ0v) is 18.5. The highest BCUT2D eigenvalue weighted by atomic mass is 16.3. The molecule has 1 unspecified atom stereocenters. The van der Waals surface area contributed by atoms with E-state index in [1.54, 1.807) is 17.0 Å². The topological polar surface area (TPSA) is 57.6 Å². The van der Waals surface area contributed by atoms with Gasteiger partial charge in [-0.2, -0.15) is 0 Å². The summed E-state index contributed by atoms with van der Waals surface area (Å²) in [6.45, 7) is 10.9. The van der Waals surface area contributed by atoms with E-state index in [0.29, 0.717) is 12.1 Å². The monoisotopic (exact) mass is 405 g/mol. The number of ketones is 1. The molecule has 1 aliphatic heterocycles. The van der Waals surface area contributed by atoms with Crippen LogP contribution in [0.25, 0.3) is 5.76 Å². The molecule has 1 fully saturated rings. The van der Waals surface area contributed by atoms with Gasteiger partial charge in [-0.25, -0.2) is 0 Å². The maximum Gasteiger partial charge on any atom is 0.295 e. The number of aliphatic hydroxyl groups excluding tert-OH is 1. The molecule has 1 N–H and O–H groups in total. The number of carbonyl (C=O) groups is 2. The number of benzene rings is 2. The number of unbranched alkanes of at least 4 members (excludes halogenated alkanes) is 1. The molecule has 1 heterocycles. The van der Waals surface area contributed by atoms with Gasteiger partial charge in [0.2, 0.25) is 0 Å². The molecular weight excluding hydrogens is 374 g/mol. The van der Waals surface area contributed by atoms with E-state index in [1.165, 1.54) is 5.56 Å². The number of carbonyl (C=O) groups excluding carboxylic acids is 2. The first-order valence-electron chi connectivity index (χ1n) is 10.6. The zero-order chi connectivity index (χ0) is 22.1. The number of nitrogens with zero attached hydrogens (tertiary/aromatic N) is 1. The average Bonchev–Trinajstić information content (AvgIpc) is 2.96. The van der Waals surface area contributed by atoms with Crippen molar-refractivity contribution in [2.24, 2.45) is 0 Å². The Morgan fingerprint density at radius 1 is 1.00 bits per heavy atom. The summed E-state index contributed by atoms with van der Waals surface area (Å²) < 4.78 is 0. The van der Waals surface area contributed by atoms with Crippen molar-refractivity contribution in [2.45, 2.75) is 58.9 Å². The Bertz CT molecular complexity index is 963. The summed E-state index contributed by atoms with van der Waals surface area (Å²) in [5, 5.41) is 11.0. The van der Waals surface area contributed by atoms with Crippen LogP contribution in [-0.2, 0) is 15.0 Å². The van der Waals surface area contributed by atoms with Gasteiger partial charge in [-0.3, -0.25) is 9.59 Å². The van der Waals surface area contributed by atoms with Gasteiger partial charge in [0.1, 0.15) is 5.76 Å². The Balaban J connectivity index is 2.13. The summed E-state index contributed by atoms with van der Waals surface area (Å²) in [4.78, 5) is 27.4. The predicted octanol–water partition coefficient (Wildman–Crippen LogP) is 5.51. The minimum Gasteiger partial charge on any atom is -0.507 e. The van der Waals surface area contributed by atoms with Crippen molar-refractivity contribution in [1.29, 1.82) is 0 Å². The number of amides is 1. The molecule has 1 saturated heterocycles. The van der Waals surface area contributed by atoms with Crippen molar-refractivity contribution in [2.75, 3.05) is 6.54 Å². The number of hydrogen-bond donors (Lipinski definition) is 1. The Kier molecular flexibility index (Phi) is 6.16. The second kappa shape index (κ2) is 8.47. The fourth-order valence-electron chi connectivity index (χ4n) is 3.82. The second-order valence-electron chi connectivity index (χ2n) is 9.08. The van der Waals surface area contributed by atoms with Crippen LogP contribution in [0.3, 0.4) is 0 Å². The van der Waals surface area contributed by atoms with Gasteiger partial charge in [0.05, 0.1) is 11.6 Å². The third-order valence-electron chi connectivity index (χ3n) is 5.71. The number of Topliss-reactive ketones (excluding diaryl/α,β-unsaturated/α-hetero) is 1. The quantitative estimate of drug-likeness (QED) is 0.405. The van der Waals surface area contributed by atoms with Crippen LogP contribution in [0.5, 0.6) is 0 Å². The normalized spacial score (nSPS) is 18.8. The first-order chi connectivity index (χ1) is 14.1. The fraction of sp³-hybridized carbons (Fsp3) is 0.385. The molecule has 4 heteroatoms. The number of likely N-dealkylation sites (tertiary alicyclic amines) is 1. The highest BCUT2D eigenvalue weighted by Gasteiger charge is 2.45. The maximum absolute atomic E-state index is 13.0. The molecule has 0 aliphatic carbocycles. The van der Waals surface area contributed by atoms with Gasteiger partial charge >= 0.3 is 0 Å². The van der Waals surface area contributed by atoms with Gasteiger partial charge in [-0.1, -0.05) is 88.2 Å². The van der Waals surface area contributed by atoms with Crippen molar-refractivity contribution in [3.05, 3.63) is 76.4 Å². The third-order valence-corrected chi connectivity index (χ3v) is 5.71. The van der Waals surface area contributed by atoms with Crippen LogP contribution in [0, 0.1) is 6.92 Å². The first kappa shape index (κ1) is 21.8. The number of aliphatic hydroxyl groups is 1. The minimum absolute atomic E-state index is 0.00441. The lowest BCUT2D eigenvalue weighted by Gasteiger charge is -2.26. The fourth-order valence-corrected chi connectivity index (χ4v) is 3.82. The summed E-state index contributed by atoms with van der Waals surface area (Å²) in [7, 11) is 0. The van der Waals surface area contributed by atoms with E-state index in [4.69, 9.17) is 0 Å². The van der Waals surface area contributed by atoms with E-state index in [9.17, 15) is 14.7 Å². The Morgan fingerprint density at radius 2 is 1.60 bits per heavy atom. The molecule has 30 heavy (non-hydrogen) atoms. The molecular formula is C26H31NO3. The van der Waals surface area contributed by atoms with Gasteiger partial charge < -0.3 is 10.0 Å². The van der Waals surface area contributed by atoms with Crippen molar-refractivity contribution < 1.29 is 14.7 Å². The Labute approximate surface area is 179 Å². The predicted molar refractivity (Wildman–Crippen MR) is 120 cm³/mol. The van der Waals surface area contributed by atoms with Crippen LogP contribution in [0.4, 0.5) is 0 Å². The van der Waals surface area contributed by atoms with Crippen LogP contribution in [-0.4, -0.2) is 28.2 Å². The van der Waals surface area contributed by atoms with Crippen molar-refractivity contribution in [3.8, 4) is 0 Å². The third kappa shape index (κ3) is 4.18. The summed E-state index contributed by atoms with van der Waals surface area (Å²) in [6, 6.07) is 14.8. The number of rotatable bonds is 5. The molecule has 3 rings (SSSR count). The van der Waals surface area contributed by atoms with Gasteiger partial charge in [0.25, 0.3) is 11.7 Å². The lowest BCUT2D eigenvalue weighted by Crippen LogP contribution is -2.30. The lowest BCUT2D eigenvalue weighted by molar-refractivity contribution is -0.139. The highest BCUT2D eigenvalue weighted by Crippen LogP contribution is 2.40. The number of hydrogen-bond acceptors (Lipinski definition) is 3. The second-order valence-corrected chi connectivity index (χ2v) is 9.08. The van der Waals surface area contributed by atoms with Gasteiger partial charge in [-0.05, 0) is 29.9 Å². The van der Waals surface area contributed by atoms with Crippen molar-refractivity contribution in [3.63, 3.8) is 0 Å². The van der Waals surface area contributed by atoms with Gasteiger partial charge in [0, 0.05) is 12.1 Å². The smallest absolute Gasteiger partial charge is 0.295 e. The van der Waals surface area contributed by atoms with E-state index in [1.807, 2.05) is 43.3 Å². The largest absolute Gasteiger partial charge is 0.507 e. The first-order valence-corrected chi connectivity index (χ1v) is 10.6. The summed E-state index contributed by atoms with van der Waals surface area (Å²) in [5.74, 6) is -1.27. The molecule has 4 nitrogen and oxygen atoms in total. The molecule has 2 aromatic rings. The minimum atomic E-state index is -0.617. The van der Waals surface area contributed by atoms with E-state index >= 15 is 0 Å². The van der Waals surface area contributed by atoms with Crippen LogP contribution >= 0.6 is 0 Å². The molecule has 2 aromatic carbocycles. The lowest BCUT2D eigenvalue weighted by atomic mass is 9.85. The molecule has 1 aliphatic rings. The molecule has 0 radical (unpaired) electrons. The molecule has 0 spiro atoms. The number of aryl methyl sites for hydroxylation is 1. The molecule has 0 saturated carbocycles. The van der Waals surface area contributed by atoms with Gasteiger partial charge in [-0.15, -0.1) is 0 Å². The Hall–Kier alpha value is -2.88. The van der Waals surface area contributed by atoms with Gasteiger partial charge in [0.15, 0.2) is 0 Å². The highest BCUT2D eigenvalue weighted by molar-refractivity contribution is 6.46. The van der Waals surface area contributed by atoms with E-state index in [2.05, 4.69) is 27.7 Å². The zero-order valence-electron chi connectivity index (χ0n) is 18.5. The maximum atomic E-state index is 13.0. The van der Waals surface area contributed by atoms with Crippen molar-refractivity contribution in [1.82, 2.24) is 4.90 Å². The molecule has 0 aromatic heterocycles. The average molecular weight is 406 g/mol. The molecule has 1 amide bonds. The molecule has 0 bridgehead atoms.